The average molecular weight is 409 g/mol. The molecular weight excluding hydrogens is 384 g/mol. The van der Waals surface area contributed by atoms with E-state index in [0.29, 0.717) is 5.56 Å². The van der Waals surface area contributed by atoms with Crippen LogP contribution in [0.15, 0.2) is 42.7 Å². The first-order valence-corrected chi connectivity index (χ1v) is 10.8. The molecule has 3 aromatic rings. The van der Waals surface area contributed by atoms with E-state index in [1.165, 1.54) is 23.4 Å². The molecular formula is C21H24N6OS. The van der Waals surface area contributed by atoms with Crippen molar-refractivity contribution in [1.82, 2.24) is 25.1 Å². The molecule has 2 heterocycles. The highest BCUT2D eigenvalue weighted by atomic mass is 32.2. The topological polar surface area (TPSA) is 75.9 Å². The first-order valence-electron chi connectivity index (χ1n) is 9.65. The minimum Gasteiger partial charge on any atom is -0.322 e. The first-order chi connectivity index (χ1) is 14.1. The Morgan fingerprint density at radius 2 is 1.93 bits per heavy atom. The zero-order chi connectivity index (χ0) is 20.2. The van der Waals surface area contributed by atoms with Gasteiger partial charge in [-0.05, 0) is 65.2 Å². The number of carbonyl (C=O) groups excluding carboxylic acids is 1. The number of amides is 1. The number of carbonyl (C=O) groups is 1. The van der Waals surface area contributed by atoms with Crippen LogP contribution in [0.4, 0.5) is 5.69 Å². The molecule has 8 heteroatoms. The summed E-state index contributed by atoms with van der Waals surface area (Å²) in [5.41, 5.74) is 5.53. The predicted octanol–water partition coefficient (Wildman–Crippen LogP) is 3.08. The fraction of sp³-hybridized carbons (Fsp3) is 0.333. The van der Waals surface area contributed by atoms with E-state index in [9.17, 15) is 4.79 Å². The molecule has 2 aromatic carbocycles. The molecule has 1 N–H and O–H groups in total. The molecule has 1 fully saturated rings. The van der Waals surface area contributed by atoms with Crippen molar-refractivity contribution < 1.29 is 4.79 Å². The molecule has 0 atom stereocenters. The maximum Gasteiger partial charge on any atom is 0.255 e. The van der Waals surface area contributed by atoms with Gasteiger partial charge in [-0.15, -0.1) is 5.10 Å². The second kappa shape index (κ2) is 8.75. The van der Waals surface area contributed by atoms with E-state index in [2.05, 4.69) is 43.9 Å². The number of nitrogens with zero attached hydrogens (tertiary/aromatic N) is 5. The van der Waals surface area contributed by atoms with E-state index in [0.717, 1.165) is 42.1 Å². The summed E-state index contributed by atoms with van der Waals surface area (Å²) in [5, 5.41) is 14.3. The molecule has 0 radical (unpaired) electrons. The molecule has 1 saturated heterocycles. The van der Waals surface area contributed by atoms with Crippen molar-refractivity contribution in [2.75, 3.05) is 29.9 Å². The lowest BCUT2D eigenvalue weighted by Gasteiger charge is -2.26. The Balaban J connectivity index is 1.49. The van der Waals surface area contributed by atoms with E-state index in [4.69, 9.17) is 0 Å². The minimum atomic E-state index is -0.119. The van der Waals surface area contributed by atoms with Gasteiger partial charge in [-0.1, -0.05) is 12.1 Å². The number of hydrogen-bond donors (Lipinski definition) is 1. The minimum absolute atomic E-state index is 0.119. The summed E-state index contributed by atoms with van der Waals surface area (Å²) in [6.07, 6.45) is 1.54. The van der Waals surface area contributed by atoms with Crippen LogP contribution in [0, 0.1) is 13.8 Å². The average Bonchev–Trinajstić information content (AvgIpc) is 3.25. The first kappa shape index (κ1) is 19.6. The van der Waals surface area contributed by atoms with E-state index in [-0.39, 0.29) is 5.91 Å². The Labute approximate surface area is 174 Å². The van der Waals surface area contributed by atoms with Crippen molar-refractivity contribution in [3.05, 3.63) is 65.0 Å². The van der Waals surface area contributed by atoms with Crippen LogP contribution in [0.5, 0.6) is 0 Å². The summed E-state index contributed by atoms with van der Waals surface area (Å²) < 4.78 is 1.59. The molecule has 1 aromatic heterocycles. The van der Waals surface area contributed by atoms with E-state index in [1.54, 1.807) is 10.7 Å². The van der Waals surface area contributed by atoms with Gasteiger partial charge in [0, 0.05) is 42.4 Å². The van der Waals surface area contributed by atoms with Crippen molar-refractivity contribution in [3.63, 3.8) is 0 Å². The van der Waals surface area contributed by atoms with Gasteiger partial charge in [0.15, 0.2) is 0 Å². The third-order valence-electron chi connectivity index (χ3n) is 5.11. The second-order valence-corrected chi connectivity index (χ2v) is 8.47. The van der Waals surface area contributed by atoms with Gasteiger partial charge in [-0.3, -0.25) is 9.69 Å². The second-order valence-electron chi connectivity index (χ2n) is 7.25. The smallest absolute Gasteiger partial charge is 0.255 e. The lowest BCUT2D eigenvalue weighted by Crippen LogP contribution is -2.32. The number of aromatic nitrogens is 4. The summed E-state index contributed by atoms with van der Waals surface area (Å²) in [7, 11) is 0. The molecule has 7 nitrogen and oxygen atoms in total. The molecule has 1 amide bonds. The Kier molecular flexibility index (Phi) is 5.92. The molecule has 1 aliphatic rings. The molecule has 0 bridgehead atoms. The third kappa shape index (κ3) is 4.65. The maximum atomic E-state index is 12.8. The Hall–Kier alpha value is -2.71. The number of benzene rings is 2. The maximum absolute atomic E-state index is 12.8. The summed E-state index contributed by atoms with van der Waals surface area (Å²) in [5.74, 6) is 2.26. The van der Waals surface area contributed by atoms with E-state index >= 15 is 0 Å². The standard InChI is InChI=1S/C21H24N6OS/c1-15-3-4-17(13-26-7-9-29-10-8-26)12-19(15)23-21(28)18-5-6-20(16(2)11-18)27-14-22-24-25-27/h3-6,11-12,14H,7-10,13H2,1-2H3,(H,23,28). The van der Waals surface area contributed by atoms with Crippen LogP contribution < -0.4 is 5.32 Å². The third-order valence-corrected chi connectivity index (χ3v) is 6.06. The van der Waals surface area contributed by atoms with Gasteiger partial charge < -0.3 is 5.32 Å². The quantitative estimate of drug-likeness (QED) is 0.699. The highest BCUT2D eigenvalue weighted by molar-refractivity contribution is 7.99. The Bertz CT molecular complexity index is 998. The van der Waals surface area contributed by atoms with Crippen LogP contribution in [0.1, 0.15) is 27.0 Å². The van der Waals surface area contributed by atoms with Crippen LogP contribution >= 0.6 is 11.8 Å². The molecule has 0 aliphatic carbocycles. The van der Waals surface area contributed by atoms with E-state index in [1.807, 2.05) is 37.7 Å². The van der Waals surface area contributed by atoms with Crippen LogP contribution in [-0.2, 0) is 6.54 Å². The highest BCUT2D eigenvalue weighted by Crippen LogP contribution is 2.21. The number of nitrogens with one attached hydrogen (secondary N) is 1. The number of anilines is 1. The molecule has 1 aliphatic heterocycles. The van der Waals surface area contributed by atoms with Gasteiger partial charge in [0.1, 0.15) is 6.33 Å². The van der Waals surface area contributed by atoms with Crippen molar-refractivity contribution in [2.24, 2.45) is 0 Å². The Morgan fingerprint density at radius 1 is 1.10 bits per heavy atom. The fourth-order valence-corrected chi connectivity index (χ4v) is 4.42. The number of thioether (sulfide) groups is 1. The molecule has 4 rings (SSSR count). The summed E-state index contributed by atoms with van der Waals surface area (Å²) >= 11 is 2.01. The van der Waals surface area contributed by atoms with Gasteiger partial charge in [0.25, 0.3) is 5.91 Å². The largest absolute Gasteiger partial charge is 0.322 e. The fourth-order valence-electron chi connectivity index (χ4n) is 3.44. The SMILES string of the molecule is Cc1ccc(CN2CCSCC2)cc1NC(=O)c1ccc(-n2cnnn2)c(C)c1. The zero-order valence-electron chi connectivity index (χ0n) is 16.6. The van der Waals surface area contributed by atoms with Crippen LogP contribution in [0.2, 0.25) is 0 Å². The molecule has 0 unspecified atom stereocenters. The molecule has 150 valence electrons. The highest BCUT2D eigenvalue weighted by Gasteiger charge is 2.14. The number of hydrogen-bond acceptors (Lipinski definition) is 6. The van der Waals surface area contributed by atoms with Gasteiger partial charge in [0.2, 0.25) is 0 Å². The zero-order valence-corrected chi connectivity index (χ0v) is 17.4. The van der Waals surface area contributed by atoms with Gasteiger partial charge in [0.05, 0.1) is 5.69 Å². The van der Waals surface area contributed by atoms with Crippen LogP contribution in [0.25, 0.3) is 5.69 Å². The Morgan fingerprint density at radius 3 is 2.66 bits per heavy atom. The number of rotatable bonds is 5. The van der Waals surface area contributed by atoms with Gasteiger partial charge >= 0.3 is 0 Å². The van der Waals surface area contributed by atoms with Crippen molar-refractivity contribution >= 4 is 23.4 Å². The monoisotopic (exact) mass is 408 g/mol. The number of tetrazole rings is 1. The van der Waals surface area contributed by atoms with Crippen molar-refractivity contribution in [2.45, 2.75) is 20.4 Å². The summed E-state index contributed by atoms with van der Waals surface area (Å²) in [6, 6.07) is 11.8. The van der Waals surface area contributed by atoms with Crippen molar-refractivity contribution in [3.8, 4) is 5.69 Å². The molecule has 29 heavy (non-hydrogen) atoms. The molecule has 0 saturated carbocycles. The van der Waals surface area contributed by atoms with Crippen LogP contribution in [0.3, 0.4) is 0 Å². The predicted molar refractivity (Wildman–Crippen MR) is 116 cm³/mol. The lowest BCUT2D eigenvalue weighted by molar-refractivity contribution is 0.102. The normalized spacial score (nSPS) is 14.7. The van der Waals surface area contributed by atoms with Crippen LogP contribution in [-0.4, -0.2) is 55.6 Å². The summed E-state index contributed by atoms with van der Waals surface area (Å²) in [4.78, 5) is 15.3. The summed E-state index contributed by atoms with van der Waals surface area (Å²) in [6.45, 7) is 7.11. The molecule has 0 spiro atoms. The number of aryl methyl sites for hydroxylation is 2. The van der Waals surface area contributed by atoms with Gasteiger partial charge in [-0.2, -0.15) is 11.8 Å². The lowest BCUT2D eigenvalue weighted by atomic mass is 10.1. The van der Waals surface area contributed by atoms with Gasteiger partial charge in [-0.25, -0.2) is 4.68 Å². The van der Waals surface area contributed by atoms with Crippen molar-refractivity contribution in [1.29, 1.82) is 0 Å². The van der Waals surface area contributed by atoms with E-state index < -0.39 is 0 Å².